The number of phenolic OH excluding ortho intramolecular Hbond substituents is 1. The third-order valence-electron chi connectivity index (χ3n) is 6.73. The van der Waals surface area contributed by atoms with Gasteiger partial charge in [0.15, 0.2) is 11.5 Å². The van der Waals surface area contributed by atoms with Crippen molar-refractivity contribution in [3.8, 4) is 17.2 Å². The van der Waals surface area contributed by atoms with E-state index in [9.17, 15) is 19.8 Å². The predicted molar refractivity (Wildman–Crippen MR) is 127 cm³/mol. The molecule has 0 aromatic heterocycles. The summed E-state index contributed by atoms with van der Waals surface area (Å²) in [4.78, 5) is 28.0. The van der Waals surface area contributed by atoms with Crippen LogP contribution in [-0.4, -0.2) is 58.8 Å². The maximum absolute atomic E-state index is 13.3. The van der Waals surface area contributed by atoms with Gasteiger partial charge in [-0.3, -0.25) is 9.59 Å². The van der Waals surface area contributed by atoms with Gasteiger partial charge in [-0.05, 0) is 68.1 Å². The molecule has 3 aliphatic heterocycles. The van der Waals surface area contributed by atoms with Gasteiger partial charge in [-0.2, -0.15) is 0 Å². The van der Waals surface area contributed by atoms with Gasteiger partial charge in [0.2, 0.25) is 0 Å². The third kappa shape index (κ3) is 4.23. The van der Waals surface area contributed by atoms with Crippen LogP contribution in [0.1, 0.15) is 49.4 Å². The number of aliphatic hydroxyl groups excluding tert-OH is 1. The van der Waals surface area contributed by atoms with Gasteiger partial charge in [0.05, 0.1) is 24.3 Å². The normalized spacial score (nSPS) is 25.1. The van der Waals surface area contributed by atoms with E-state index in [1.165, 1.54) is 11.0 Å². The Morgan fingerprint density at radius 1 is 1.20 bits per heavy atom. The lowest BCUT2D eigenvalue weighted by molar-refractivity contribution is -0.140. The molecule has 2 aromatic rings. The average Bonchev–Trinajstić information content (AvgIpc) is 3.54. The van der Waals surface area contributed by atoms with Gasteiger partial charge in [-0.15, -0.1) is 0 Å². The zero-order chi connectivity index (χ0) is 24.7. The zero-order valence-electron chi connectivity index (χ0n) is 19.8. The zero-order valence-corrected chi connectivity index (χ0v) is 19.8. The van der Waals surface area contributed by atoms with Crippen LogP contribution in [0, 0.1) is 0 Å². The number of carbonyl (C=O) groups is 2. The number of aliphatic hydroxyl groups is 1. The molecule has 0 aliphatic carbocycles. The smallest absolute Gasteiger partial charge is 0.295 e. The van der Waals surface area contributed by atoms with Crippen molar-refractivity contribution in [1.29, 1.82) is 0 Å². The Labute approximate surface area is 203 Å². The number of rotatable bonds is 6. The molecule has 3 heterocycles. The van der Waals surface area contributed by atoms with Crippen LogP contribution in [0.4, 0.5) is 0 Å². The Bertz CT molecular complexity index is 1200. The molecule has 8 heteroatoms. The Balaban J connectivity index is 1.62. The standard InChI is InChI=1S/C27H29NO7/c1-3-33-22-13-16(6-8-20(22)29)24-23(26(31)27(32)28(24)14-19-5-4-10-34-19)25(30)17-7-9-21-18(12-17)11-15(2)35-21/h6-9,12-13,15,19,24,29-30H,3-5,10-11,14H2,1-2H3. The number of hydrogen-bond acceptors (Lipinski definition) is 7. The highest BCUT2D eigenvalue weighted by Crippen LogP contribution is 2.43. The summed E-state index contributed by atoms with van der Waals surface area (Å²) in [5.74, 6) is -0.713. The third-order valence-corrected chi connectivity index (χ3v) is 6.73. The summed E-state index contributed by atoms with van der Waals surface area (Å²) in [6.45, 7) is 4.95. The lowest BCUT2D eigenvalue weighted by atomic mass is 9.94. The van der Waals surface area contributed by atoms with Crippen LogP contribution in [0.3, 0.4) is 0 Å². The molecule has 3 aliphatic rings. The minimum absolute atomic E-state index is 0.00745. The number of hydrogen-bond donors (Lipinski definition) is 2. The molecule has 0 spiro atoms. The Morgan fingerprint density at radius 2 is 2.03 bits per heavy atom. The van der Waals surface area contributed by atoms with Gasteiger partial charge in [-0.25, -0.2) is 0 Å². The van der Waals surface area contributed by atoms with Crippen LogP contribution in [-0.2, 0) is 20.7 Å². The fraction of sp³-hybridized carbons (Fsp3) is 0.407. The molecular formula is C27H29NO7. The number of ether oxygens (including phenoxy) is 3. The number of carbonyl (C=O) groups excluding carboxylic acids is 2. The number of ketones is 1. The molecule has 8 nitrogen and oxygen atoms in total. The van der Waals surface area contributed by atoms with Crippen molar-refractivity contribution in [3.05, 3.63) is 58.7 Å². The summed E-state index contributed by atoms with van der Waals surface area (Å²) in [6, 6.07) is 9.16. The van der Waals surface area contributed by atoms with Crippen molar-refractivity contribution in [2.45, 2.75) is 51.4 Å². The lowest BCUT2D eigenvalue weighted by Gasteiger charge is -2.28. The van der Waals surface area contributed by atoms with Gasteiger partial charge in [-0.1, -0.05) is 6.07 Å². The Kier molecular flexibility index (Phi) is 6.15. The number of Topliss-reactive ketones (excluding diaryl/α,β-unsaturated/α-hetero) is 1. The number of amides is 1. The van der Waals surface area contributed by atoms with E-state index in [0.29, 0.717) is 30.8 Å². The summed E-state index contributed by atoms with van der Waals surface area (Å²) in [5, 5.41) is 21.6. The van der Waals surface area contributed by atoms with Crippen molar-refractivity contribution in [1.82, 2.24) is 4.90 Å². The first kappa shape index (κ1) is 23.2. The van der Waals surface area contributed by atoms with Crippen molar-refractivity contribution in [3.63, 3.8) is 0 Å². The first-order chi connectivity index (χ1) is 16.9. The van der Waals surface area contributed by atoms with Crippen LogP contribution in [0.2, 0.25) is 0 Å². The van der Waals surface area contributed by atoms with Crippen molar-refractivity contribution < 1.29 is 34.0 Å². The minimum Gasteiger partial charge on any atom is -0.507 e. The SMILES string of the molecule is CCOc1cc(C2C(=C(O)c3ccc4c(c3)CC(C)O4)C(=O)C(=O)N2CC2CCCO2)ccc1O. The molecule has 1 amide bonds. The monoisotopic (exact) mass is 479 g/mol. The van der Waals surface area contributed by atoms with Crippen LogP contribution in [0.5, 0.6) is 17.2 Å². The minimum atomic E-state index is -0.845. The number of benzene rings is 2. The molecule has 0 radical (unpaired) electrons. The molecule has 3 unspecified atom stereocenters. The Hall–Kier alpha value is -3.52. The van der Waals surface area contributed by atoms with Crippen molar-refractivity contribution in [2.75, 3.05) is 19.8 Å². The van der Waals surface area contributed by atoms with E-state index in [1.807, 2.05) is 6.92 Å². The number of nitrogens with zero attached hydrogens (tertiary/aromatic N) is 1. The molecule has 2 fully saturated rings. The van der Waals surface area contributed by atoms with Crippen LogP contribution >= 0.6 is 0 Å². The van der Waals surface area contributed by atoms with E-state index in [-0.39, 0.29) is 41.6 Å². The predicted octanol–water partition coefficient (Wildman–Crippen LogP) is 3.72. The summed E-state index contributed by atoms with van der Waals surface area (Å²) in [5.41, 5.74) is 1.96. The first-order valence-corrected chi connectivity index (χ1v) is 12.0. The molecule has 0 bridgehead atoms. The highest BCUT2D eigenvalue weighted by molar-refractivity contribution is 6.46. The highest BCUT2D eigenvalue weighted by Gasteiger charge is 2.47. The summed E-state index contributed by atoms with van der Waals surface area (Å²) in [7, 11) is 0. The maximum Gasteiger partial charge on any atom is 0.295 e. The number of aromatic hydroxyl groups is 1. The lowest BCUT2D eigenvalue weighted by Crippen LogP contribution is -2.36. The molecule has 5 rings (SSSR count). The maximum atomic E-state index is 13.3. The Morgan fingerprint density at radius 3 is 2.77 bits per heavy atom. The summed E-state index contributed by atoms with van der Waals surface area (Å²) >= 11 is 0. The van der Waals surface area contributed by atoms with E-state index in [0.717, 1.165) is 24.2 Å². The van der Waals surface area contributed by atoms with Gasteiger partial charge >= 0.3 is 0 Å². The van der Waals surface area contributed by atoms with Gasteiger partial charge in [0.1, 0.15) is 17.6 Å². The molecular weight excluding hydrogens is 450 g/mol. The van der Waals surface area contributed by atoms with Crippen molar-refractivity contribution in [2.24, 2.45) is 0 Å². The molecule has 3 atom stereocenters. The van der Waals surface area contributed by atoms with Crippen LogP contribution in [0.25, 0.3) is 5.76 Å². The van der Waals surface area contributed by atoms with E-state index in [1.54, 1.807) is 37.3 Å². The molecule has 0 saturated carbocycles. The van der Waals surface area contributed by atoms with Crippen LogP contribution < -0.4 is 9.47 Å². The second kappa shape index (κ2) is 9.26. The van der Waals surface area contributed by atoms with E-state index in [4.69, 9.17) is 14.2 Å². The largest absolute Gasteiger partial charge is 0.507 e. The average molecular weight is 480 g/mol. The van der Waals surface area contributed by atoms with E-state index < -0.39 is 17.7 Å². The number of phenols is 1. The molecule has 35 heavy (non-hydrogen) atoms. The molecule has 2 N–H and O–H groups in total. The van der Waals surface area contributed by atoms with Crippen LogP contribution in [0.15, 0.2) is 42.0 Å². The van der Waals surface area contributed by atoms with E-state index >= 15 is 0 Å². The molecule has 2 aromatic carbocycles. The fourth-order valence-electron chi connectivity index (χ4n) is 5.12. The van der Waals surface area contributed by atoms with Gasteiger partial charge in [0.25, 0.3) is 11.7 Å². The number of likely N-dealkylation sites (tertiary alicyclic amines) is 1. The quantitative estimate of drug-likeness (QED) is 0.370. The molecule has 2 saturated heterocycles. The second-order valence-corrected chi connectivity index (χ2v) is 9.20. The fourth-order valence-corrected chi connectivity index (χ4v) is 5.12. The first-order valence-electron chi connectivity index (χ1n) is 12.0. The summed E-state index contributed by atoms with van der Waals surface area (Å²) in [6.07, 6.45) is 2.23. The van der Waals surface area contributed by atoms with Gasteiger partial charge < -0.3 is 29.3 Å². The second-order valence-electron chi connectivity index (χ2n) is 9.20. The number of fused-ring (bicyclic) bond motifs is 1. The highest BCUT2D eigenvalue weighted by atomic mass is 16.5. The van der Waals surface area contributed by atoms with E-state index in [2.05, 4.69) is 0 Å². The van der Waals surface area contributed by atoms with Crippen molar-refractivity contribution >= 4 is 17.4 Å². The summed E-state index contributed by atoms with van der Waals surface area (Å²) < 4.78 is 17.0. The van der Waals surface area contributed by atoms with Gasteiger partial charge in [0, 0.05) is 25.1 Å². The molecule has 184 valence electrons. The topological polar surface area (TPSA) is 106 Å².